The number of hydrogen-bond acceptors (Lipinski definition) is 2. The molecule has 0 saturated heterocycles. The first-order chi connectivity index (χ1) is 8.95. The number of imidazole rings is 1. The van der Waals surface area contributed by atoms with Gasteiger partial charge in [-0.05, 0) is 26.0 Å². The molecule has 1 aromatic carbocycles. The van der Waals surface area contributed by atoms with Gasteiger partial charge in [0.2, 0.25) is 0 Å². The molecule has 2 aromatic rings. The second-order valence-corrected chi connectivity index (χ2v) is 5.98. The number of fused-ring (bicyclic) bond motifs is 1. The Morgan fingerprint density at radius 3 is 2.47 bits per heavy atom. The Balaban J connectivity index is 2.69. The highest BCUT2D eigenvalue weighted by Gasteiger charge is 2.20. The Labute approximate surface area is 127 Å². The molecule has 0 aliphatic carbocycles. The lowest BCUT2D eigenvalue weighted by atomic mass is 10.2. The van der Waals surface area contributed by atoms with Gasteiger partial charge in [0.1, 0.15) is 5.82 Å². The van der Waals surface area contributed by atoms with Gasteiger partial charge in [-0.25, -0.2) is 4.98 Å². The van der Waals surface area contributed by atoms with Crippen molar-refractivity contribution in [3.8, 4) is 0 Å². The molecule has 19 heavy (non-hydrogen) atoms. The third-order valence-corrected chi connectivity index (χ3v) is 3.88. The molecule has 104 valence electrons. The number of hydrogen-bond donors (Lipinski definition) is 0. The lowest BCUT2D eigenvalue weighted by Crippen LogP contribution is -2.14. The number of alkyl halides is 1. The molecule has 2 unspecified atom stereocenters. The van der Waals surface area contributed by atoms with E-state index in [1.54, 1.807) is 13.2 Å². The molecule has 2 atom stereocenters. The summed E-state index contributed by atoms with van der Waals surface area (Å²) in [5.41, 5.74) is 1.71. The molecule has 0 radical (unpaired) electrons. The van der Waals surface area contributed by atoms with Crippen molar-refractivity contribution in [2.24, 2.45) is 0 Å². The third-order valence-electron chi connectivity index (χ3n) is 2.96. The fourth-order valence-electron chi connectivity index (χ4n) is 2.17. The zero-order valence-corrected chi connectivity index (χ0v) is 13.2. The Morgan fingerprint density at radius 2 is 1.89 bits per heavy atom. The summed E-state index contributed by atoms with van der Waals surface area (Å²) in [6, 6.07) is 3.70. The summed E-state index contributed by atoms with van der Waals surface area (Å²) in [4.78, 5) is 4.55. The SMILES string of the molecule is COCC(C)n1c(C(C)Cl)nc2cc(Cl)c(Cl)cc21. The second kappa shape index (κ2) is 5.88. The van der Waals surface area contributed by atoms with Crippen molar-refractivity contribution in [1.82, 2.24) is 9.55 Å². The third kappa shape index (κ3) is 2.84. The van der Waals surface area contributed by atoms with Crippen LogP contribution in [0.25, 0.3) is 11.0 Å². The van der Waals surface area contributed by atoms with E-state index >= 15 is 0 Å². The highest BCUT2D eigenvalue weighted by molar-refractivity contribution is 6.42. The molecule has 0 amide bonds. The maximum absolute atomic E-state index is 6.21. The molecule has 0 aliphatic rings. The van der Waals surface area contributed by atoms with Gasteiger partial charge in [0.15, 0.2) is 0 Å². The summed E-state index contributed by atoms with van der Waals surface area (Å²) in [5.74, 6) is 0.791. The number of ether oxygens (including phenoxy) is 1. The molecule has 0 aliphatic heterocycles. The van der Waals surface area contributed by atoms with Crippen LogP contribution in [0.15, 0.2) is 12.1 Å². The van der Waals surface area contributed by atoms with Gasteiger partial charge in [-0.3, -0.25) is 0 Å². The lowest BCUT2D eigenvalue weighted by molar-refractivity contribution is 0.162. The molecule has 2 rings (SSSR count). The van der Waals surface area contributed by atoms with Gasteiger partial charge in [-0.15, -0.1) is 11.6 Å². The van der Waals surface area contributed by atoms with Gasteiger partial charge >= 0.3 is 0 Å². The summed E-state index contributed by atoms with van der Waals surface area (Å²) >= 11 is 18.3. The van der Waals surface area contributed by atoms with E-state index < -0.39 is 0 Å². The van der Waals surface area contributed by atoms with E-state index in [-0.39, 0.29) is 11.4 Å². The summed E-state index contributed by atoms with van der Waals surface area (Å²) in [6.07, 6.45) is 0. The van der Waals surface area contributed by atoms with Gasteiger partial charge in [-0.1, -0.05) is 23.2 Å². The van der Waals surface area contributed by atoms with Crippen molar-refractivity contribution < 1.29 is 4.74 Å². The Hall–Kier alpha value is -0.480. The van der Waals surface area contributed by atoms with Crippen LogP contribution in [0.2, 0.25) is 10.0 Å². The predicted molar refractivity (Wildman–Crippen MR) is 80.6 cm³/mol. The first-order valence-corrected chi connectivity index (χ1v) is 7.14. The van der Waals surface area contributed by atoms with Gasteiger partial charge in [0.05, 0.1) is 39.1 Å². The minimum absolute atomic E-state index is 0.114. The fourth-order valence-corrected chi connectivity index (χ4v) is 2.64. The van der Waals surface area contributed by atoms with Crippen molar-refractivity contribution in [3.63, 3.8) is 0 Å². The van der Waals surface area contributed by atoms with Crippen LogP contribution >= 0.6 is 34.8 Å². The zero-order valence-electron chi connectivity index (χ0n) is 11.0. The molecular formula is C13H15Cl3N2O. The second-order valence-electron chi connectivity index (χ2n) is 4.52. The van der Waals surface area contributed by atoms with E-state index in [9.17, 15) is 0 Å². The first kappa shape index (κ1) is 14.9. The van der Waals surface area contributed by atoms with Gasteiger partial charge < -0.3 is 9.30 Å². The summed E-state index contributed by atoms with van der Waals surface area (Å²) in [7, 11) is 1.67. The van der Waals surface area contributed by atoms with Crippen LogP contribution in [0, 0.1) is 0 Å². The van der Waals surface area contributed by atoms with Crippen molar-refractivity contribution in [1.29, 1.82) is 0 Å². The average Bonchev–Trinajstić information content (AvgIpc) is 2.69. The molecule has 0 saturated carbocycles. The number of benzene rings is 1. The number of aromatic nitrogens is 2. The Bertz CT molecular complexity index is 595. The Kier molecular flexibility index (Phi) is 4.62. The molecular weight excluding hydrogens is 307 g/mol. The number of halogens is 3. The van der Waals surface area contributed by atoms with Crippen LogP contribution in [0.5, 0.6) is 0 Å². The lowest BCUT2D eigenvalue weighted by Gasteiger charge is -2.17. The standard InChI is InChI=1S/C13H15Cl3N2O/c1-7(6-19-3)18-12-5-10(16)9(15)4-11(12)17-13(18)8(2)14/h4-5,7-8H,6H2,1-3H3. The van der Waals surface area contributed by atoms with Crippen LogP contribution < -0.4 is 0 Å². The van der Waals surface area contributed by atoms with Crippen LogP contribution in [-0.2, 0) is 4.74 Å². The van der Waals surface area contributed by atoms with Crippen LogP contribution in [0.1, 0.15) is 31.1 Å². The number of methoxy groups -OCH3 is 1. The van der Waals surface area contributed by atoms with E-state index in [1.807, 2.05) is 13.0 Å². The van der Waals surface area contributed by atoms with E-state index in [4.69, 9.17) is 39.5 Å². The van der Waals surface area contributed by atoms with E-state index in [2.05, 4.69) is 16.5 Å². The van der Waals surface area contributed by atoms with Gasteiger partial charge in [0.25, 0.3) is 0 Å². The number of nitrogens with zero attached hydrogens (tertiary/aromatic N) is 2. The van der Waals surface area contributed by atoms with E-state index in [1.165, 1.54) is 0 Å². The Morgan fingerprint density at radius 1 is 1.26 bits per heavy atom. The largest absolute Gasteiger partial charge is 0.383 e. The molecule has 0 fully saturated rings. The normalized spacial score (nSPS) is 14.8. The van der Waals surface area contributed by atoms with Crippen LogP contribution in [0.4, 0.5) is 0 Å². The smallest absolute Gasteiger partial charge is 0.128 e. The quantitative estimate of drug-likeness (QED) is 0.753. The molecule has 0 N–H and O–H groups in total. The van der Waals surface area contributed by atoms with Crippen LogP contribution in [0.3, 0.4) is 0 Å². The molecule has 3 nitrogen and oxygen atoms in total. The topological polar surface area (TPSA) is 27.1 Å². The van der Waals surface area contributed by atoms with Gasteiger partial charge in [0, 0.05) is 7.11 Å². The molecule has 1 aromatic heterocycles. The highest BCUT2D eigenvalue weighted by atomic mass is 35.5. The van der Waals surface area contributed by atoms with Crippen molar-refractivity contribution >= 4 is 45.8 Å². The summed E-state index contributed by atoms with van der Waals surface area (Å²) in [5, 5.41) is 0.796. The van der Waals surface area contributed by atoms with Crippen molar-refractivity contribution in [2.45, 2.75) is 25.3 Å². The minimum Gasteiger partial charge on any atom is -0.383 e. The van der Waals surface area contributed by atoms with Crippen LogP contribution in [-0.4, -0.2) is 23.3 Å². The minimum atomic E-state index is -0.204. The molecule has 0 spiro atoms. The zero-order chi connectivity index (χ0) is 14.2. The van der Waals surface area contributed by atoms with E-state index in [0.29, 0.717) is 16.7 Å². The summed E-state index contributed by atoms with van der Waals surface area (Å²) < 4.78 is 7.27. The highest BCUT2D eigenvalue weighted by Crippen LogP contribution is 2.33. The summed E-state index contributed by atoms with van der Waals surface area (Å²) in [6.45, 7) is 4.51. The van der Waals surface area contributed by atoms with Crippen molar-refractivity contribution in [3.05, 3.63) is 28.0 Å². The monoisotopic (exact) mass is 320 g/mol. The van der Waals surface area contributed by atoms with Gasteiger partial charge in [-0.2, -0.15) is 0 Å². The first-order valence-electron chi connectivity index (χ1n) is 5.95. The fraction of sp³-hybridized carbons (Fsp3) is 0.462. The van der Waals surface area contributed by atoms with E-state index in [0.717, 1.165) is 16.9 Å². The number of rotatable bonds is 4. The molecule has 1 heterocycles. The van der Waals surface area contributed by atoms with Crippen molar-refractivity contribution in [2.75, 3.05) is 13.7 Å². The maximum Gasteiger partial charge on any atom is 0.128 e. The molecule has 0 bridgehead atoms. The predicted octanol–water partition coefficient (Wildman–Crippen LogP) is 4.85. The maximum atomic E-state index is 6.21. The molecule has 6 heteroatoms. The average molecular weight is 322 g/mol.